The third kappa shape index (κ3) is 3.92. The van der Waals surface area contributed by atoms with Gasteiger partial charge < -0.3 is 20.1 Å². The van der Waals surface area contributed by atoms with E-state index >= 15 is 0 Å². The Labute approximate surface area is 157 Å². The van der Waals surface area contributed by atoms with Crippen molar-refractivity contribution in [3.8, 4) is 22.8 Å². The third-order valence-corrected chi connectivity index (χ3v) is 4.32. The Bertz CT molecular complexity index is 933. The molecule has 7 heteroatoms. The van der Waals surface area contributed by atoms with Crippen molar-refractivity contribution in [3.63, 3.8) is 0 Å². The number of fused-ring (bicyclic) bond motifs is 1. The van der Waals surface area contributed by atoms with Gasteiger partial charge in [0, 0.05) is 41.8 Å². The van der Waals surface area contributed by atoms with E-state index < -0.39 is 0 Å². The average molecular weight is 363 g/mol. The molecule has 3 heterocycles. The van der Waals surface area contributed by atoms with E-state index in [-0.39, 0.29) is 12.8 Å². The Morgan fingerprint density at radius 3 is 2.81 bits per heavy atom. The minimum Gasteiger partial charge on any atom is -0.454 e. The van der Waals surface area contributed by atoms with Gasteiger partial charge >= 0.3 is 0 Å². The van der Waals surface area contributed by atoms with Gasteiger partial charge in [-0.15, -0.1) is 0 Å². The molecule has 3 aromatic rings. The molecule has 1 aromatic carbocycles. The topological polar surface area (TPSA) is 81.2 Å². The lowest BCUT2D eigenvalue weighted by Crippen LogP contribution is -2.16. The predicted molar refractivity (Wildman–Crippen MR) is 104 cm³/mol. The highest BCUT2D eigenvalue weighted by Gasteiger charge is 2.14. The quantitative estimate of drug-likeness (QED) is 0.678. The van der Waals surface area contributed by atoms with Crippen molar-refractivity contribution in [1.82, 2.24) is 15.0 Å². The maximum atomic E-state index is 5.45. The number of hydrogen-bond acceptors (Lipinski definition) is 7. The molecule has 27 heavy (non-hydrogen) atoms. The lowest BCUT2D eigenvalue weighted by atomic mass is 10.2. The van der Waals surface area contributed by atoms with E-state index in [2.05, 4.69) is 39.4 Å². The highest BCUT2D eigenvalue weighted by atomic mass is 16.7. The molecule has 0 bridgehead atoms. The molecule has 2 aromatic heterocycles. The second-order valence-corrected chi connectivity index (χ2v) is 6.35. The molecule has 0 unspecified atom stereocenters. The van der Waals surface area contributed by atoms with E-state index in [1.165, 1.54) is 0 Å². The van der Waals surface area contributed by atoms with Crippen molar-refractivity contribution in [2.75, 3.05) is 17.4 Å². The van der Waals surface area contributed by atoms with Crippen LogP contribution in [0, 0.1) is 0 Å². The van der Waals surface area contributed by atoms with Crippen molar-refractivity contribution in [3.05, 3.63) is 48.8 Å². The number of nitrogens with zero attached hydrogens (tertiary/aromatic N) is 3. The van der Waals surface area contributed by atoms with Crippen molar-refractivity contribution in [1.29, 1.82) is 0 Å². The van der Waals surface area contributed by atoms with E-state index in [9.17, 15) is 0 Å². The number of aromatic nitrogens is 3. The summed E-state index contributed by atoms with van der Waals surface area (Å²) >= 11 is 0. The predicted octanol–water partition coefficient (Wildman–Crippen LogP) is 4.22. The van der Waals surface area contributed by atoms with Gasteiger partial charge in [-0.1, -0.05) is 6.92 Å². The molecular weight excluding hydrogens is 342 g/mol. The zero-order valence-corrected chi connectivity index (χ0v) is 15.3. The van der Waals surface area contributed by atoms with Crippen molar-refractivity contribution < 1.29 is 9.47 Å². The summed E-state index contributed by atoms with van der Waals surface area (Å²) in [4.78, 5) is 13.4. The summed E-state index contributed by atoms with van der Waals surface area (Å²) in [6.07, 6.45) is 4.51. The van der Waals surface area contributed by atoms with Crippen LogP contribution in [-0.2, 0) is 0 Å². The highest BCUT2D eigenvalue weighted by Crippen LogP contribution is 2.35. The fraction of sp³-hybridized carbons (Fsp3) is 0.250. The molecule has 0 amide bonds. The zero-order chi connectivity index (χ0) is 18.6. The Morgan fingerprint density at radius 2 is 2.00 bits per heavy atom. The molecule has 0 aliphatic carbocycles. The minimum absolute atomic E-state index is 0.250. The molecule has 7 nitrogen and oxygen atoms in total. The van der Waals surface area contributed by atoms with Gasteiger partial charge in [0.1, 0.15) is 5.82 Å². The number of pyridine rings is 1. The lowest BCUT2D eigenvalue weighted by Gasteiger charge is -2.14. The average Bonchev–Trinajstić information content (AvgIpc) is 3.16. The summed E-state index contributed by atoms with van der Waals surface area (Å²) < 4.78 is 10.8. The number of ether oxygens (including phenoxy) is 2. The summed E-state index contributed by atoms with van der Waals surface area (Å²) in [7, 11) is 0. The monoisotopic (exact) mass is 363 g/mol. The molecule has 1 aliphatic heterocycles. The Hall–Kier alpha value is -3.35. The first-order chi connectivity index (χ1) is 13.2. The van der Waals surface area contributed by atoms with Gasteiger partial charge in [-0.3, -0.25) is 4.98 Å². The summed E-state index contributed by atoms with van der Waals surface area (Å²) in [5.41, 5.74) is 2.59. The summed E-state index contributed by atoms with van der Waals surface area (Å²) in [6.45, 7) is 4.47. The molecule has 2 N–H and O–H groups in total. The highest BCUT2D eigenvalue weighted by molar-refractivity contribution is 5.68. The van der Waals surface area contributed by atoms with Gasteiger partial charge in [-0.05, 0) is 37.6 Å². The number of hydrogen-bond donors (Lipinski definition) is 2. The lowest BCUT2D eigenvalue weighted by molar-refractivity contribution is 0.174. The van der Waals surface area contributed by atoms with Crippen LogP contribution in [0.15, 0.2) is 48.8 Å². The van der Waals surface area contributed by atoms with Gasteiger partial charge in [0.2, 0.25) is 12.7 Å². The maximum absolute atomic E-state index is 5.45. The first-order valence-corrected chi connectivity index (χ1v) is 8.94. The van der Waals surface area contributed by atoms with E-state index in [1.54, 1.807) is 12.4 Å². The van der Waals surface area contributed by atoms with Crippen molar-refractivity contribution >= 4 is 17.5 Å². The molecule has 0 saturated heterocycles. The molecule has 0 saturated carbocycles. The third-order valence-electron chi connectivity index (χ3n) is 4.32. The maximum Gasteiger partial charge on any atom is 0.231 e. The van der Waals surface area contributed by atoms with E-state index in [0.717, 1.165) is 34.9 Å². The molecule has 1 atom stereocenters. The van der Waals surface area contributed by atoms with Crippen LogP contribution in [0.3, 0.4) is 0 Å². The Morgan fingerprint density at radius 1 is 1.11 bits per heavy atom. The van der Waals surface area contributed by atoms with Crippen LogP contribution >= 0.6 is 0 Å². The van der Waals surface area contributed by atoms with Gasteiger partial charge in [0.15, 0.2) is 11.5 Å². The molecule has 4 rings (SSSR count). The van der Waals surface area contributed by atoms with Crippen LogP contribution in [0.2, 0.25) is 0 Å². The summed E-state index contributed by atoms with van der Waals surface area (Å²) in [5, 5.41) is 6.67. The first kappa shape index (κ1) is 17.1. The minimum atomic E-state index is 0.250. The van der Waals surface area contributed by atoms with E-state index in [4.69, 9.17) is 9.47 Å². The molecule has 0 spiro atoms. The second-order valence-electron chi connectivity index (χ2n) is 6.35. The van der Waals surface area contributed by atoms with E-state index in [1.807, 2.05) is 36.4 Å². The molecule has 138 valence electrons. The second kappa shape index (κ2) is 7.49. The van der Waals surface area contributed by atoms with Gasteiger partial charge in [-0.25, -0.2) is 4.98 Å². The van der Waals surface area contributed by atoms with Crippen LogP contribution in [0.5, 0.6) is 11.5 Å². The molecular formula is C20H21N5O2. The van der Waals surface area contributed by atoms with E-state index in [0.29, 0.717) is 11.8 Å². The fourth-order valence-electron chi connectivity index (χ4n) is 2.68. The fourth-order valence-corrected chi connectivity index (χ4v) is 2.68. The van der Waals surface area contributed by atoms with Crippen LogP contribution in [0.4, 0.5) is 17.5 Å². The van der Waals surface area contributed by atoms with Crippen LogP contribution in [0.25, 0.3) is 11.3 Å². The summed E-state index contributed by atoms with van der Waals surface area (Å²) in [6, 6.07) is 11.8. The SMILES string of the molecule is CC[C@H](C)Nc1nc(Nc2ccc3c(c2)OCO3)cc(-c2cccnc2)n1. The smallest absolute Gasteiger partial charge is 0.231 e. The molecule has 1 aliphatic rings. The zero-order valence-electron chi connectivity index (χ0n) is 15.3. The van der Waals surface area contributed by atoms with Crippen molar-refractivity contribution in [2.24, 2.45) is 0 Å². The molecule has 0 radical (unpaired) electrons. The molecule has 0 fully saturated rings. The normalized spacial score (nSPS) is 13.3. The number of anilines is 3. The van der Waals surface area contributed by atoms with Gasteiger partial charge in [-0.2, -0.15) is 4.98 Å². The number of rotatable bonds is 6. The van der Waals surface area contributed by atoms with Crippen LogP contribution in [-0.4, -0.2) is 27.8 Å². The Kier molecular flexibility index (Phi) is 4.74. The van der Waals surface area contributed by atoms with Crippen molar-refractivity contribution in [2.45, 2.75) is 26.3 Å². The largest absolute Gasteiger partial charge is 0.454 e. The number of benzene rings is 1. The van der Waals surface area contributed by atoms with Crippen LogP contribution < -0.4 is 20.1 Å². The standard InChI is InChI=1S/C20H21N5O2/c1-3-13(2)22-20-24-16(14-5-4-8-21-11-14)10-19(25-20)23-15-6-7-17-18(9-15)27-12-26-17/h4-11,13H,3,12H2,1-2H3,(H2,22,23,24,25)/t13-/m0/s1. The van der Waals surface area contributed by atoms with Gasteiger partial charge in [0.05, 0.1) is 5.69 Å². The first-order valence-electron chi connectivity index (χ1n) is 8.94. The van der Waals surface area contributed by atoms with Crippen LogP contribution in [0.1, 0.15) is 20.3 Å². The van der Waals surface area contributed by atoms with Gasteiger partial charge in [0.25, 0.3) is 0 Å². The Balaban J connectivity index is 1.67. The summed E-state index contributed by atoms with van der Waals surface area (Å²) in [5.74, 6) is 2.74. The number of nitrogens with one attached hydrogen (secondary N) is 2.